The number of halogens is 1. The quantitative estimate of drug-likeness (QED) is 0.669. The van der Waals surface area contributed by atoms with Gasteiger partial charge in [-0.2, -0.15) is 0 Å². The topological polar surface area (TPSA) is 73.6 Å². The van der Waals surface area contributed by atoms with Crippen LogP contribution >= 0.6 is 0 Å². The van der Waals surface area contributed by atoms with Gasteiger partial charge in [-0.15, -0.1) is 0 Å². The Bertz CT molecular complexity index is 674. The number of hydrogen-bond donors (Lipinski definition) is 2. The van der Waals surface area contributed by atoms with Crippen molar-refractivity contribution in [2.75, 3.05) is 25.3 Å². The van der Waals surface area contributed by atoms with Crippen molar-refractivity contribution < 1.29 is 18.7 Å². The lowest BCUT2D eigenvalue weighted by Gasteiger charge is -2.12. The van der Waals surface area contributed by atoms with Gasteiger partial charge in [0, 0.05) is 17.4 Å². The maximum atomic E-state index is 13.4. The van der Waals surface area contributed by atoms with Crippen molar-refractivity contribution in [3.63, 3.8) is 0 Å². The molecular formula is C15H15FN2O3. The molecule has 0 atom stereocenters. The van der Waals surface area contributed by atoms with Crippen LogP contribution in [0.4, 0.5) is 21.5 Å². The van der Waals surface area contributed by atoms with E-state index in [1.165, 1.54) is 38.5 Å². The van der Waals surface area contributed by atoms with Crippen LogP contribution in [0.25, 0.3) is 0 Å². The van der Waals surface area contributed by atoms with Gasteiger partial charge in [-0.25, -0.2) is 9.18 Å². The highest BCUT2D eigenvalue weighted by molar-refractivity contribution is 5.97. The van der Waals surface area contributed by atoms with Crippen LogP contribution in [0, 0.1) is 5.82 Å². The van der Waals surface area contributed by atoms with E-state index in [4.69, 9.17) is 15.2 Å². The molecule has 110 valence electrons. The smallest absolute Gasteiger partial charge is 0.340 e. The van der Waals surface area contributed by atoms with Crippen molar-refractivity contribution in [2.24, 2.45) is 0 Å². The van der Waals surface area contributed by atoms with E-state index in [1.54, 1.807) is 12.1 Å². The normalized spacial score (nSPS) is 10.0. The van der Waals surface area contributed by atoms with Crippen LogP contribution in [-0.2, 0) is 4.74 Å². The van der Waals surface area contributed by atoms with Crippen LogP contribution in [0.3, 0.4) is 0 Å². The Balaban J connectivity index is 2.37. The van der Waals surface area contributed by atoms with E-state index in [2.05, 4.69) is 5.32 Å². The first-order chi connectivity index (χ1) is 10.0. The van der Waals surface area contributed by atoms with Gasteiger partial charge in [0.05, 0.1) is 25.5 Å². The molecule has 0 spiro atoms. The number of nitrogen functional groups attached to an aromatic ring is 1. The Morgan fingerprint density at radius 1 is 1.19 bits per heavy atom. The monoisotopic (exact) mass is 290 g/mol. The first-order valence-electron chi connectivity index (χ1n) is 6.13. The number of rotatable bonds is 4. The first kappa shape index (κ1) is 14.6. The number of nitrogens with two attached hydrogens (primary N) is 1. The van der Waals surface area contributed by atoms with Gasteiger partial charge >= 0.3 is 5.97 Å². The molecule has 0 saturated carbocycles. The predicted molar refractivity (Wildman–Crippen MR) is 78.4 cm³/mol. The standard InChI is InChI=1S/C15H15FN2O3/c1-20-14-8-10(4-5-12(14)16)18-13-6-3-9(17)7-11(13)15(19)21-2/h3-8,18H,17H2,1-2H3. The molecule has 0 saturated heterocycles. The molecule has 0 bridgehead atoms. The zero-order valence-corrected chi connectivity index (χ0v) is 11.6. The van der Waals surface area contributed by atoms with E-state index in [-0.39, 0.29) is 5.75 Å². The summed E-state index contributed by atoms with van der Waals surface area (Å²) in [7, 11) is 2.67. The summed E-state index contributed by atoms with van der Waals surface area (Å²) in [6, 6.07) is 9.11. The molecule has 2 rings (SSSR count). The maximum Gasteiger partial charge on any atom is 0.340 e. The van der Waals surface area contributed by atoms with E-state index in [9.17, 15) is 9.18 Å². The van der Waals surface area contributed by atoms with Gasteiger partial charge in [0.1, 0.15) is 0 Å². The van der Waals surface area contributed by atoms with Crippen LogP contribution in [-0.4, -0.2) is 20.2 Å². The molecule has 2 aromatic rings. The number of nitrogens with one attached hydrogen (secondary N) is 1. The molecule has 0 radical (unpaired) electrons. The molecule has 2 aromatic carbocycles. The zero-order chi connectivity index (χ0) is 15.4. The lowest BCUT2D eigenvalue weighted by atomic mass is 10.1. The summed E-state index contributed by atoms with van der Waals surface area (Å²) in [4.78, 5) is 11.8. The van der Waals surface area contributed by atoms with Crippen LogP contribution in [0.2, 0.25) is 0 Å². The van der Waals surface area contributed by atoms with Gasteiger partial charge in [0.15, 0.2) is 11.6 Å². The van der Waals surface area contributed by atoms with Gasteiger partial charge in [-0.3, -0.25) is 0 Å². The highest BCUT2D eigenvalue weighted by Crippen LogP contribution is 2.27. The molecule has 21 heavy (non-hydrogen) atoms. The van der Waals surface area contributed by atoms with Gasteiger partial charge < -0.3 is 20.5 Å². The lowest BCUT2D eigenvalue weighted by Crippen LogP contribution is -2.06. The summed E-state index contributed by atoms with van der Waals surface area (Å²) in [5.74, 6) is -0.873. The third kappa shape index (κ3) is 3.22. The third-order valence-corrected chi connectivity index (χ3v) is 2.88. The molecule has 0 fully saturated rings. The summed E-state index contributed by atoms with van der Waals surface area (Å²) in [6.45, 7) is 0. The number of anilines is 3. The molecule has 6 heteroatoms. The number of esters is 1. The van der Waals surface area contributed by atoms with Crippen molar-refractivity contribution >= 4 is 23.0 Å². The maximum absolute atomic E-state index is 13.4. The number of hydrogen-bond acceptors (Lipinski definition) is 5. The minimum absolute atomic E-state index is 0.107. The Morgan fingerprint density at radius 2 is 1.95 bits per heavy atom. The molecule has 0 aliphatic carbocycles. The lowest BCUT2D eigenvalue weighted by molar-refractivity contribution is 0.0602. The largest absolute Gasteiger partial charge is 0.494 e. The number of carbonyl (C=O) groups excluding carboxylic acids is 1. The number of benzene rings is 2. The molecule has 0 aliphatic heterocycles. The fourth-order valence-electron chi connectivity index (χ4n) is 1.84. The fourth-order valence-corrected chi connectivity index (χ4v) is 1.84. The molecule has 0 unspecified atom stereocenters. The second kappa shape index (κ2) is 6.13. The van der Waals surface area contributed by atoms with E-state index >= 15 is 0 Å². The zero-order valence-electron chi connectivity index (χ0n) is 11.6. The van der Waals surface area contributed by atoms with Gasteiger partial charge in [0.2, 0.25) is 0 Å². The SMILES string of the molecule is COC(=O)c1cc(N)ccc1Nc1ccc(F)c(OC)c1. The van der Waals surface area contributed by atoms with Gasteiger partial charge in [-0.05, 0) is 30.3 Å². The van der Waals surface area contributed by atoms with E-state index in [0.29, 0.717) is 22.6 Å². The fraction of sp³-hybridized carbons (Fsp3) is 0.133. The van der Waals surface area contributed by atoms with Crippen molar-refractivity contribution in [2.45, 2.75) is 0 Å². The highest BCUT2D eigenvalue weighted by Gasteiger charge is 2.13. The second-order valence-corrected chi connectivity index (χ2v) is 4.27. The summed E-state index contributed by atoms with van der Waals surface area (Å²) in [6.07, 6.45) is 0. The van der Waals surface area contributed by atoms with Crippen molar-refractivity contribution in [1.29, 1.82) is 0 Å². The average molecular weight is 290 g/mol. The van der Waals surface area contributed by atoms with Crippen LogP contribution < -0.4 is 15.8 Å². The molecule has 0 aliphatic rings. The van der Waals surface area contributed by atoms with Crippen molar-refractivity contribution in [3.8, 4) is 5.75 Å². The highest BCUT2D eigenvalue weighted by atomic mass is 19.1. The number of methoxy groups -OCH3 is 2. The average Bonchev–Trinajstić information content (AvgIpc) is 2.50. The Morgan fingerprint density at radius 3 is 2.62 bits per heavy atom. The molecular weight excluding hydrogens is 275 g/mol. The summed E-state index contributed by atoms with van der Waals surface area (Å²) < 4.78 is 23.0. The van der Waals surface area contributed by atoms with E-state index < -0.39 is 11.8 Å². The molecule has 5 nitrogen and oxygen atoms in total. The summed E-state index contributed by atoms with van der Waals surface area (Å²) in [5.41, 5.74) is 7.49. The molecule has 0 amide bonds. The van der Waals surface area contributed by atoms with Gasteiger partial charge in [-0.1, -0.05) is 0 Å². The Labute approximate surface area is 121 Å². The number of carbonyl (C=O) groups is 1. The van der Waals surface area contributed by atoms with Gasteiger partial charge in [0.25, 0.3) is 0 Å². The molecule has 0 aromatic heterocycles. The van der Waals surface area contributed by atoms with Crippen molar-refractivity contribution in [3.05, 3.63) is 47.8 Å². The van der Waals surface area contributed by atoms with E-state index in [1.807, 2.05) is 0 Å². The minimum Gasteiger partial charge on any atom is -0.494 e. The Hall–Kier alpha value is -2.76. The number of ether oxygens (including phenoxy) is 2. The second-order valence-electron chi connectivity index (χ2n) is 4.27. The third-order valence-electron chi connectivity index (χ3n) is 2.88. The van der Waals surface area contributed by atoms with Crippen LogP contribution in [0.15, 0.2) is 36.4 Å². The van der Waals surface area contributed by atoms with E-state index in [0.717, 1.165) is 0 Å². The minimum atomic E-state index is -0.515. The molecule has 3 N–H and O–H groups in total. The van der Waals surface area contributed by atoms with Crippen LogP contribution in [0.5, 0.6) is 5.75 Å². The van der Waals surface area contributed by atoms with Crippen LogP contribution in [0.1, 0.15) is 10.4 Å². The first-order valence-corrected chi connectivity index (χ1v) is 6.13. The Kier molecular flexibility index (Phi) is 4.27. The summed E-state index contributed by atoms with van der Waals surface area (Å²) >= 11 is 0. The van der Waals surface area contributed by atoms with Crippen molar-refractivity contribution in [1.82, 2.24) is 0 Å². The predicted octanol–water partition coefficient (Wildman–Crippen LogP) is 2.95. The molecule has 0 heterocycles. The summed E-state index contributed by atoms with van der Waals surface area (Å²) in [5, 5.41) is 3.01.